The molecule has 0 aromatic carbocycles. The van der Waals surface area contributed by atoms with E-state index in [1.54, 1.807) is 4.90 Å². The van der Waals surface area contributed by atoms with Crippen LogP contribution in [0.3, 0.4) is 0 Å². The molecule has 13 heteroatoms. The number of amides is 1. The maximum absolute atomic E-state index is 14.2. The van der Waals surface area contributed by atoms with Crippen molar-refractivity contribution in [2.24, 2.45) is 0 Å². The van der Waals surface area contributed by atoms with Gasteiger partial charge in [-0.25, -0.2) is 13.8 Å². The number of carbonyl (C=O) groups excluding carboxylic acids is 1. The van der Waals surface area contributed by atoms with Gasteiger partial charge in [-0.3, -0.25) is 18.9 Å². The number of fused-ring (bicyclic) bond motifs is 2. The molecule has 4 aromatic rings. The highest BCUT2D eigenvalue weighted by Gasteiger charge is 2.47. The van der Waals surface area contributed by atoms with Crippen molar-refractivity contribution < 1.29 is 31.5 Å². The normalized spacial score (nSPS) is 17.8. The van der Waals surface area contributed by atoms with Crippen LogP contribution in [0.1, 0.15) is 29.8 Å². The van der Waals surface area contributed by atoms with Gasteiger partial charge < -0.3 is 9.64 Å². The van der Waals surface area contributed by atoms with E-state index < -0.39 is 29.9 Å². The summed E-state index contributed by atoms with van der Waals surface area (Å²) >= 11 is 0. The minimum Gasteiger partial charge on any atom is -0.377 e. The highest BCUT2D eigenvalue weighted by Crippen LogP contribution is 2.40. The summed E-state index contributed by atoms with van der Waals surface area (Å²) in [7, 11) is 0. The molecule has 1 saturated carbocycles. The zero-order valence-corrected chi connectivity index (χ0v) is 18.7. The quantitative estimate of drug-likeness (QED) is 0.393. The highest BCUT2D eigenvalue weighted by molar-refractivity contribution is 5.99. The molecule has 6 rings (SSSR count). The molecule has 1 saturated heterocycles. The number of hydrogen-bond acceptors (Lipinski definition) is 5. The van der Waals surface area contributed by atoms with Crippen LogP contribution in [0.4, 0.5) is 22.0 Å². The van der Waals surface area contributed by atoms with Crippen LogP contribution in [-0.2, 0) is 11.3 Å². The van der Waals surface area contributed by atoms with Crippen LogP contribution in [0.2, 0.25) is 0 Å². The second kappa shape index (κ2) is 7.95. The number of alkyl halides is 3. The Kier molecular flexibility index (Phi) is 5.04. The Morgan fingerprint density at radius 1 is 1.14 bits per heavy atom. The Bertz CT molecular complexity index is 1510. The van der Waals surface area contributed by atoms with Crippen LogP contribution in [0.25, 0.3) is 27.9 Å². The van der Waals surface area contributed by atoms with Gasteiger partial charge in [0.25, 0.3) is 5.91 Å². The molecule has 2 fully saturated rings. The Morgan fingerprint density at radius 3 is 2.67 bits per heavy atom. The molecule has 36 heavy (non-hydrogen) atoms. The number of imidazole rings is 1. The summed E-state index contributed by atoms with van der Waals surface area (Å²) in [6, 6.07) is 1.94. The number of ether oxygens (including phenoxy) is 1. The maximum atomic E-state index is 14.2. The monoisotopic (exact) mass is 506 g/mol. The predicted octanol–water partition coefficient (Wildman–Crippen LogP) is 3.98. The number of halogens is 5. The minimum absolute atomic E-state index is 0.0000784. The average Bonchev–Trinajstić information content (AvgIpc) is 3.37. The summed E-state index contributed by atoms with van der Waals surface area (Å²) in [6.45, 7) is -0.279. The Morgan fingerprint density at radius 2 is 1.94 bits per heavy atom. The largest absolute Gasteiger partial charge is 0.408 e. The zero-order chi connectivity index (χ0) is 25.2. The fourth-order valence-corrected chi connectivity index (χ4v) is 5.04. The molecule has 1 spiro atoms. The van der Waals surface area contributed by atoms with Crippen LogP contribution in [0.15, 0.2) is 30.7 Å². The number of pyridine rings is 2. The van der Waals surface area contributed by atoms with E-state index in [1.807, 2.05) is 0 Å². The number of nitrogens with zero attached hydrogens (tertiary/aromatic N) is 6. The summed E-state index contributed by atoms with van der Waals surface area (Å²) in [4.78, 5) is 23.3. The van der Waals surface area contributed by atoms with E-state index >= 15 is 0 Å². The van der Waals surface area contributed by atoms with Gasteiger partial charge in [0.05, 0.1) is 36.2 Å². The van der Waals surface area contributed by atoms with Gasteiger partial charge in [0.2, 0.25) is 0 Å². The van der Waals surface area contributed by atoms with Crippen molar-refractivity contribution in [3.05, 3.63) is 48.1 Å². The maximum Gasteiger partial charge on any atom is 0.408 e. The molecule has 1 amide bonds. The molecule has 1 aliphatic carbocycles. The van der Waals surface area contributed by atoms with E-state index in [9.17, 15) is 26.7 Å². The summed E-state index contributed by atoms with van der Waals surface area (Å²) in [5.74, 6) is -2.21. The van der Waals surface area contributed by atoms with E-state index in [0.717, 1.165) is 34.5 Å². The molecule has 0 bridgehead atoms. The Balaban J connectivity index is 1.48. The molecule has 0 radical (unpaired) electrons. The van der Waals surface area contributed by atoms with Crippen molar-refractivity contribution in [2.75, 3.05) is 19.8 Å². The first-order valence-electron chi connectivity index (χ1n) is 11.3. The molecule has 5 heterocycles. The number of rotatable bonds is 3. The molecule has 1 aliphatic heterocycles. The summed E-state index contributed by atoms with van der Waals surface area (Å²) in [5, 5.41) is 4.28. The van der Waals surface area contributed by atoms with Crippen LogP contribution in [-0.4, -0.2) is 66.4 Å². The number of hydrogen-bond donors (Lipinski definition) is 0. The lowest BCUT2D eigenvalue weighted by atomic mass is 9.75. The smallest absolute Gasteiger partial charge is 0.377 e. The topological polar surface area (TPSA) is 77.6 Å². The first-order chi connectivity index (χ1) is 17.2. The second-order valence-electron chi connectivity index (χ2n) is 9.14. The third kappa shape index (κ3) is 3.60. The van der Waals surface area contributed by atoms with E-state index in [-0.39, 0.29) is 39.5 Å². The standard InChI is InChI=1S/C23H19F5N6O2/c24-13-6-15(25)20-30-9-18(32(20)10-13)19-14-8-29-16(7-17(14)34(31-19)11-23(26,27)28)21(35)33-4-5-36-12-22(33)2-1-3-22/h6-10H,1-5,11-12H2. The van der Waals surface area contributed by atoms with E-state index in [4.69, 9.17) is 4.74 Å². The second-order valence-corrected chi connectivity index (χ2v) is 9.14. The lowest BCUT2D eigenvalue weighted by molar-refractivity contribution is -0.141. The van der Waals surface area contributed by atoms with Gasteiger partial charge in [0, 0.05) is 30.4 Å². The van der Waals surface area contributed by atoms with Crippen LogP contribution >= 0.6 is 0 Å². The van der Waals surface area contributed by atoms with Crippen molar-refractivity contribution in [1.29, 1.82) is 0 Å². The molecule has 4 aromatic heterocycles. The van der Waals surface area contributed by atoms with Crippen molar-refractivity contribution in [1.82, 2.24) is 29.0 Å². The van der Waals surface area contributed by atoms with Gasteiger partial charge in [-0.1, -0.05) is 0 Å². The fourth-order valence-electron chi connectivity index (χ4n) is 5.04. The van der Waals surface area contributed by atoms with Crippen LogP contribution in [0, 0.1) is 11.6 Å². The van der Waals surface area contributed by atoms with Crippen molar-refractivity contribution >= 4 is 22.5 Å². The Hall–Kier alpha value is -3.61. The third-order valence-corrected chi connectivity index (χ3v) is 6.89. The first kappa shape index (κ1) is 22.8. The van der Waals surface area contributed by atoms with Gasteiger partial charge >= 0.3 is 6.18 Å². The molecule has 8 nitrogen and oxygen atoms in total. The highest BCUT2D eigenvalue weighted by atomic mass is 19.4. The third-order valence-electron chi connectivity index (χ3n) is 6.89. The van der Waals surface area contributed by atoms with E-state index in [2.05, 4.69) is 15.1 Å². The number of aromatic nitrogens is 5. The van der Waals surface area contributed by atoms with Crippen LogP contribution < -0.4 is 0 Å². The van der Waals surface area contributed by atoms with E-state index in [1.165, 1.54) is 18.5 Å². The lowest BCUT2D eigenvalue weighted by Crippen LogP contribution is -2.62. The first-order valence-corrected chi connectivity index (χ1v) is 11.3. The minimum atomic E-state index is -4.61. The molecular formula is C23H19F5N6O2. The Labute approximate surface area is 200 Å². The fraction of sp³-hybridized carbons (Fsp3) is 0.391. The average molecular weight is 506 g/mol. The van der Waals surface area contributed by atoms with Gasteiger partial charge in [-0.2, -0.15) is 18.3 Å². The van der Waals surface area contributed by atoms with Crippen LogP contribution in [0.5, 0.6) is 0 Å². The van der Waals surface area contributed by atoms with Gasteiger partial charge in [0.15, 0.2) is 11.5 Å². The van der Waals surface area contributed by atoms with Crippen molar-refractivity contribution in [3.8, 4) is 11.4 Å². The summed E-state index contributed by atoms with van der Waals surface area (Å²) in [6.07, 6.45) is 1.36. The molecule has 2 aliphatic rings. The number of morpholine rings is 1. The zero-order valence-electron chi connectivity index (χ0n) is 18.7. The van der Waals surface area contributed by atoms with Gasteiger partial charge in [-0.15, -0.1) is 0 Å². The summed E-state index contributed by atoms with van der Waals surface area (Å²) < 4.78 is 75.6. The van der Waals surface area contributed by atoms with Gasteiger partial charge in [0.1, 0.15) is 23.7 Å². The SMILES string of the molecule is O=C(c1cc2c(cn1)c(-c1cnc3c(F)cc(F)cn13)nn2CC(F)(F)F)N1CCOCC12CCC2. The van der Waals surface area contributed by atoms with Crippen molar-refractivity contribution in [3.63, 3.8) is 0 Å². The molecule has 0 unspecified atom stereocenters. The summed E-state index contributed by atoms with van der Waals surface area (Å²) in [5.41, 5.74) is -0.530. The number of carbonyl (C=O) groups is 1. The van der Waals surface area contributed by atoms with Gasteiger partial charge in [-0.05, 0) is 25.3 Å². The molecular weight excluding hydrogens is 487 g/mol. The molecule has 0 atom stereocenters. The van der Waals surface area contributed by atoms with Crippen molar-refractivity contribution in [2.45, 2.75) is 37.5 Å². The lowest BCUT2D eigenvalue weighted by Gasteiger charge is -2.52. The predicted molar refractivity (Wildman–Crippen MR) is 116 cm³/mol. The van der Waals surface area contributed by atoms with E-state index in [0.29, 0.717) is 25.8 Å². The molecule has 0 N–H and O–H groups in total. The molecule has 188 valence electrons.